The van der Waals surface area contributed by atoms with E-state index in [1.54, 1.807) is 12.1 Å². The summed E-state index contributed by atoms with van der Waals surface area (Å²) in [5.41, 5.74) is -0.0651. The molecule has 2 aromatic carbocycles. The van der Waals surface area contributed by atoms with Crippen molar-refractivity contribution in [2.24, 2.45) is 0 Å². The number of nitrogens with one attached hydrogen (secondary N) is 2. The molecule has 1 atom stereocenters. The molecule has 1 amide bonds. The average molecular weight is 380 g/mol. The molecule has 0 aromatic heterocycles. The van der Waals surface area contributed by atoms with Gasteiger partial charge in [0.25, 0.3) is 5.91 Å². The van der Waals surface area contributed by atoms with Crippen LogP contribution >= 0.6 is 0 Å². The van der Waals surface area contributed by atoms with E-state index in [9.17, 15) is 22.4 Å². The largest absolute Gasteiger partial charge is 0.449 e. The fourth-order valence-electron chi connectivity index (χ4n) is 2.02. The third-order valence-corrected chi connectivity index (χ3v) is 3.82. The lowest BCUT2D eigenvalue weighted by atomic mass is 10.2. The number of rotatable bonds is 6. The molecule has 0 heterocycles. The zero-order chi connectivity index (χ0) is 19.3. The Labute approximate surface area is 150 Å². The molecule has 0 spiro atoms. The first kappa shape index (κ1) is 19.4. The summed E-state index contributed by atoms with van der Waals surface area (Å²) in [5.74, 6) is -2.24. The van der Waals surface area contributed by atoms with E-state index in [-0.39, 0.29) is 16.9 Å². The minimum absolute atomic E-state index is 0.0294. The van der Waals surface area contributed by atoms with Gasteiger partial charge in [-0.05, 0) is 31.2 Å². The second-order valence-electron chi connectivity index (χ2n) is 5.44. The predicted molar refractivity (Wildman–Crippen MR) is 94.8 cm³/mol. The molecule has 7 nitrogen and oxygen atoms in total. The van der Waals surface area contributed by atoms with E-state index in [4.69, 9.17) is 4.74 Å². The summed E-state index contributed by atoms with van der Waals surface area (Å²) in [5, 5.41) is 2.32. The number of hydrogen-bond acceptors (Lipinski definition) is 5. The Morgan fingerprint density at radius 1 is 1.04 bits per heavy atom. The van der Waals surface area contributed by atoms with Gasteiger partial charge >= 0.3 is 5.97 Å². The van der Waals surface area contributed by atoms with E-state index >= 15 is 0 Å². The van der Waals surface area contributed by atoms with Crippen molar-refractivity contribution in [3.8, 4) is 0 Å². The van der Waals surface area contributed by atoms with Crippen LogP contribution in [0.3, 0.4) is 0 Å². The van der Waals surface area contributed by atoms with Gasteiger partial charge in [-0.3, -0.25) is 9.52 Å². The third kappa shape index (κ3) is 5.28. The zero-order valence-electron chi connectivity index (χ0n) is 14.0. The van der Waals surface area contributed by atoms with Gasteiger partial charge in [0.15, 0.2) is 6.10 Å². The van der Waals surface area contributed by atoms with Crippen molar-refractivity contribution in [3.05, 3.63) is 59.9 Å². The number of esters is 1. The van der Waals surface area contributed by atoms with E-state index in [0.717, 1.165) is 6.26 Å². The molecular weight excluding hydrogens is 363 g/mol. The fraction of sp³-hybridized carbons (Fsp3) is 0.176. The maximum Gasteiger partial charge on any atom is 0.341 e. The van der Waals surface area contributed by atoms with Gasteiger partial charge in [0.05, 0.1) is 23.2 Å². The molecule has 26 heavy (non-hydrogen) atoms. The van der Waals surface area contributed by atoms with Gasteiger partial charge in [0, 0.05) is 0 Å². The second kappa shape index (κ2) is 7.96. The van der Waals surface area contributed by atoms with E-state index in [1.165, 1.54) is 43.3 Å². The van der Waals surface area contributed by atoms with Crippen LogP contribution in [0.2, 0.25) is 0 Å². The Bertz CT molecular complexity index is 930. The number of halogens is 1. The predicted octanol–water partition coefficient (Wildman–Crippen LogP) is 2.38. The Morgan fingerprint density at radius 2 is 1.62 bits per heavy atom. The van der Waals surface area contributed by atoms with Crippen molar-refractivity contribution in [1.82, 2.24) is 0 Å². The normalized spacial score (nSPS) is 12.1. The van der Waals surface area contributed by atoms with Crippen molar-refractivity contribution in [3.63, 3.8) is 0 Å². The molecule has 0 aliphatic rings. The zero-order valence-corrected chi connectivity index (χ0v) is 14.8. The number of carbonyl (C=O) groups excluding carboxylic acids is 2. The van der Waals surface area contributed by atoms with E-state index in [0.29, 0.717) is 0 Å². The van der Waals surface area contributed by atoms with E-state index < -0.39 is 33.8 Å². The van der Waals surface area contributed by atoms with Gasteiger partial charge < -0.3 is 10.1 Å². The summed E-state index contributed by atoms with van der Waals surface area (Å²) < 4.78 is 43.6. The van der Waals surface area contributed by atoms with Crippen LogP contribution in [0.15, 0.2) is 48.5 Å². The lowest BCUT2D eigenvalue weighted by Crippen LogP contribution is -2.30. The topological polar surface area (TPSA) is 102 Å². The van der Waals surface area contributed by atoms with Gasteiger partial charge in [0.1, 0.15) is 5.82 Å². The van der Waals surface area contributed by atoms with Crippen LogP contribution in [0.5, 0.6) is 0 Å². The lowest BCUT2D eigenvalue weighted by molar-refractivity contribution is -0.123. The maximum absolute atomic E-state index is 13.6. The minimum atomic E-state index is -3.60. The van der Waals surface area contributed by atoms with Crippen LogP contribution < -0.4 is 10.0 Å². The van der Waals surface area contributed by atoms with Crippen molar-refractivity contribution in [2.45, 2.75) is 13.0 Å². The van der Waals surface area contributed by atoms with Crippen molar-refractivity contribution in [1.29, 1.82) is 0 Å². The van der Waals surface area contributed by atoms with Gasteiger partial charge in [-0.25, -0.2) is 17.6 Å². The van der Waals surface area contributed by atoms with Gasteiger partial charge in [-0.2, -0.15) is 0 Å². The lowest BCUT2D eigenvalue weighted by Gasteiger charge is -2.15. The molecule has 0 aliphatic carbocycles. The molecule has 0 radical (unpaired) electrons. The van der Waals surface area contributed by atoms with E-state index in [2.05, 4.69) is 10.0 Å². The second-order valence-corrected chi connectivity index (χ2v) is 7.18. The number of anilines is 2. The molecule has 0 bridgehead atoms. The molecular formula is C17H17FN2O5S. The van der Waals surface area contributed by atoms with E-state index in [1.807, 2.05) is 0 Å². The maximum atomic E-state index is 13.6. The molecule has 0 fully saturated rings. The number of benzene rings is 2. The van der Waals surface area contributed by atoms with Crippen molar-refractivity contribution >= 4 is 33.3 Å². The van der Waals surface area contributed by atoms with Crippen LogP contribution in [0, 0.1) is 5.82 Å². The number of carbonyl (C=O) groups is 2. The summed E-state index contributed by atoms with van der Waals surface area (Å²) in [6.45, 7) is 1.32. The summed E-state index contributed by atoms with van der Waals surface area (Å²) in [6.07, 6.45) is -0.284. The SMILES string of the molecule is C[C@@H](OC(=O)c1ccccc1NS(C)(=O)=O)C(=O)Nc1ccccc1F. The van der Waals surface area contributed by atoms with Crippen molar-refractivity contribution in [2.75, 3.05) is 16.3 Å². The Kier molecular flexibility index (Phi) is 5.93. The molecule has 0 saturated carbocycles. The molecule has 2 N–H and O–H groups in total. The molecule has 0 aliphatic heterocycles. The summed E-state index contributed by atoms with van der Waals surface area (Å²) in [6, 6.07) is 11.4. The molecule has 0 saturated heterocycles. The Hall–Kier alpha value is -2.94. The summed E-state index contributed by atoms with van der Waals surface area (Å²) >= 11 is 0. The number of sulfonamides is 1. The standard InChI is InChI=1S/C17H17FN2O5S/c1-11(16(21)19-15-10-6-4-8-13(15)18)25-17(22)12-7-3-5-9-14(12)20-26(2,23)24/h3-11,20H,1-2H3,(H,19,21)/t11-/m1/s1. The first-order valence-electron chi connectivity index (χ1n) is 7.50. The van der Waals surface area contributed by atoms with Gasteiger partial charge in [-0.1, -0.05) is 24.3 Å². The summed E-state index contributed by atoms with van der Waals surface area (Å²) in [4.78, 5) is 24.4. The van der Waals surface area contributed by atoms with Crippen LogP contribution in [0.25, 0.3) is 0 Å². The number of hydrogen-bond donors (Lipinski definition) is 2. The van der Waals surface area contributed by atoms with Gasteiger partial charge in [0.2, 0.25) is 10.0 Å². The number of para-hydroxylation sites is 2. The molecule has 0 unspecified atom stereocenters. The Morgan fingerprint density at radius 3 is 2.23 bits per heavy atom. The first-order chi connectivity index (χ1) is 12.2. The molecule has 2 rings (SSSR count). The first-order valence-corrected chi connectivity index (χ1v) is 9.39. The smallest absolute Gasteiger partial charge is 0.341 e. The third-order valence-electron chi connectivity index (χ3n) is 3.23. The fourth-order valence-corrected chi connectivity index (χ4v) is 2.60. The summed E-state index contributed by atoms with van der Waals surface area (Å²) in [7, 11) is -3.60. The number of amides is 1. The minimum Gasteiger partial charge on any atom is -0.449 e. The van der Waals surface area contributed by atoms with Gasteiger partial charge in [-0.15, -0.1) is 0 Å². The Balaban J connectivity index is 2.10. The highest BCUT2D eigenvalue weighted by molar-refractivity contribution is 7.92. The molecule has 9 heteroatoms. The molecule has 138 valence electrons. The highest BCUT2D eigenvalue weighted by Gasteiger charge is 2.22. The highest BCUT2D eigenvalue weighted by Crippen LogP contribution is 2.19. The van der Waals surface area contributed by atoms with Crippen LogP contribution in [-0.2, 0) is 19.6 Å². The average Bonchev–Trinajstić information content (AvgIpc) is 2.55. The number of ether oxygens (including phenoxy) is 1. The monoisotopic (exact) mass is 380 g/mol. The quantitative estimate of drug-likeness (QED) is 0.749. The van der Waals surface area contributed by atoms with Crippen molar-refractivity contribution < 1.29 is 27.1 Å². The van der Waals surface area contributed by atoms with Crippen LogP contribution in [0.1, 0.15) is 17.3 Å². The van der Waals surface area contributed by atoms with Crippen LogP contribution in [-0.4, -0.2) is 32.7 Å². The highest BCUT2D eigenvalue weighted by atomic mass is 32.2. The molecule has 2 aromatic rings. The van der Waals surface area contributed by atoms with Crippen LogP contribution in [0.4, 0.5) is 15.8 Å².